The van der Waals surface area contributed by atoms with Gasteiger partial charge in [0.2, 0.25) is 9.84 Å². The van der Waals surface area contributed by atoms with Gasteiger partial charge in [-0.3, -0.25) is 0 Å². The minimum Gasteiger partial charge on any atom is -0.219 e. The van der Waals surface area contributed by atoms with Crippen LogP contribution in [0.2, 0.25) is 0 Å². The maximum Gasteiger partial charge on any atom is 0.206 e. The summed E-state index contributed by atoms with van der Waals surface area (Å²) in [5, 5.41) is 0. The average molecular weight is 290 g/mol. The van der Waals surface area contributed by atoms with Crippen LogP contribution in [0, 0.1) is 23.3 Å². The zero-order valence-corrected chi connectivity index (χ0v) is 10.0. The van der Waals surface area contributed by atoms with Gasteiger partial charge in [-0.25, -0.2) is 26.0 Å². The third-order valence-electron chi connectivity index (χ3n) is 2.40. The zero-order valence-electron chi connectivity index (χ0n) is 9.20. The van der Waals surface area contributed by atoms with Crippen molar-refractivity contribution in [3.8, 4) is 0 Å². The number of hydrogen-bond acceptors (Lipinski definition) is 2. The third kappa shape index (κ3) is 2.46. The van der Waals surface area contributed by atoms with E-state index in [9.17, 15) is 26.0 Å². The van der Waals surface area contributed by atoms with Gasteiger partial charge in [0.1, 0.15) is 0 Å². The monoisotopic (exact) mass is 290 g/mol. The molecule has 0 aliphatic carbocycles. The van der Waals surface area contributed by atoms with Crippen LogP contribution in [0.15, 0.2) is 46.2 Å². The van der Waals surface area contributed by atoms with E-state index in [1.54, 1.807) is 0 Å². The molecule has 0 heterocycles. The highest BCUT2D eigenvalue weighted by Gasteiger charge is 2.20. The van der Waals surface area contributed by atoms with E-state index in [0.29, 0.717) is 24.3 Å². The molecule has 0 aliphatic heterocycles. The van der Waals surface area contributed by atoms with Crippen LogP contribution in [0.3, 0.4) is 0 Å². The predicted molar refractivity (Wildman–Crippen MR) is 58.2 cm³/mol. The Morgan fingerprint density at radius 3 is 1.32 bits per heavy atom. The van der Waals surface area contributed by atoms with Gasteiger partial charge in [0.15, 0.2) is 23.3 Å². The van der Waals surface area contributed by atoms with E-state index in [4.69, 9.17) is 0 Å². The van der Waals surface area contributed by atoms with Crippen LogP contribution in [-0.2, 0) is 9.84 Å². The van der Waals surface area contributed by atoms with E-state index in [1.165, 1.54) is 0 Å². The molecule has 0 radical (unpaired) electrons. The van der Waals surface area contributed by atoms with Gasteiger partial charge < -0.3 is 0 Å². The highest BCUT2D eigenvalue weighted by molar-refractivity contribution is 7.91. The Hall–Kier alpha value is -1.89. The van der Waals surface area contributed by atoms with Crippen LogP contribution in [-0.4, -0.2) is 8.42 Å². The molecular formula is C12H6F4O2S. The smallest absolute Gasteiger partial charge is 0.206 e. The zero-order chi connectivity index (χ0) is 14.2. The summed E-state index contributed by atoms with van der Waals surface area (Å²) < 4.78 is 75.4. The van der Waals surface area contributed by atoms with Gasteiger partial charge in [-0.1, -0.05) is 0 Å². The second-order valence-corrected chi connectivity index (χ2v) is 5.60. The third-order valence-corrected chi connectivity index (χ3v) is 4.15. The summed E-state index contributed by atoms with van der Waals surface area (Å²) in [5.41, 5.74) is 0. The van der Waals surface area contributed by atoms with Crippen molar-refractivity contribution in [1.82, 2.24) is 0 Å². The number of hydrogen-bond donors (Lipinski definition) is 0. The molecule has 2 aromatic carbocycles. The quantitative estimate of drug-likeness (QED) is 0.629. The lowest BCUT2D eigenvalue weighted by molar-refractivity contribution is 0.502. The molecule has 0 N–H and O–H groups in total. The molecule has 100 valence electrons. The number of rotatable bonds is 2. The molecule has 19 heavy (non-hydrogen) atoms. The van der Waals surface area contributed by atoms with Crippen molar-refractivity contribution >= 4 is 9.84 Å². The second-order valence-electron chi connectivity index (χ2n) is 3.66. The molecule has 7 heteroatoms. The van der Waals surface area contributed by atoms with Crippen molar-refractivity contribution in [1.29, 1.82) is 0 Å². The highest BCUT2D eigenvalue weighted by atomic mass is 32.2. The lowest BCUT2D eigenvalue weighted by Crippen LogP contribution is -2.04. The van der Waals surface area contributed by atoms with Gasteiger partial charge in [-0.2, -0.15) is 0 Å². The minimum atomic E-state index is -4.23. The Balaban J connectivity index is 2.58. The Morgan fingerprint density at radius 2 is 1.00 bits per heavy atom. The molecule has 0 fully saturated rings. The molecule has 2 rings (SSSR count). The maximum absolute atomic E-state index is 13.0. The molecule has 0 amide bonds. The van der Waals surface area contributed by atoms with Crippen molar-refractivity contribution in [3.63, 3.8) is 0 Å². The fourth-order valence-corrected chi connectivity index (χ4v) is 2.71. The van der Waals surface area contributed by atoms with Gasteiger partial charge in [-0.15, -0.1) is 0 Å². The van der Waals surface area contributed by atoms with Crippen LogP contribution >= 0.6 is 0 Å². The fourth-order valence-electron chi connectivity index (χ4n) is 1.42. The van der Waals surface area contributed by atoms with E-state index in [1.807, 2.05) is 0 Å². The first kappa shape index (κ1) is 13.5. The molecule has 0 spiro atoms. The van der Waals surface area contributed by atoms with Gasteiger partial charge in [0.25, 0.3) is 0 Å². The molecule has 0 unspecified atom stereocenters. The van der Waals surface area contributed by atoms with Crippen LogP contribution in [0.25, 0.3) is 0 Å². The standard InChI is InChI=1S/C12H6F4O2S/c13-9-3-1-7(5-11(9)15)19(17,18)8-2-4-10(14)12(16)6-8/h1-6H. The van der Waals surface area contributed by atoms with Gasteiger partial charge >= 0.3 is 0 Å². The number of halogens is 4. The molecule has 0 aliphatic rings. The highest BCUT2D eigenvalue weighted by Crippen LogP contribution is 2.23. The summed E-state index contributed by atoms with van der Waals surface area (Å²) in [4.78, 5) is -1.09. The summed E-state index contributed by atoms with van der Waals surface area (Å²) in [6.07, 6.45) is 0. The minimum absolute atomic E-state index is 0.478. The average Bonchev–Trinajstić information content (AvgIpc) is 2.35. The number of benzene rings is 2. The molecule has 2 aromatic rings. The first-order chi connectivity index (χ1) is 8.82. The van der Waals surface area contributed by atoms with Crippen molar-refractivity contribution < 1.29 is 26.0 Å². The van der Waals surface area contributed by atoms with Crippen molar-refractivity contribution in [3.05, 3.63) is 59.7 Å². The van der Waals surface area contributed by atoms with Crippen LogP contribution < -0.4 is 0 Å². The summed E-state index contributed by atoms with van der Waals surface area (Å²) >= 11 is 0. The molecule has 0 saturated carbocycles. The molecule has 0 bridgehead atoms. The van der Waals surface area contributed by atoms with E-state index in [-0.39, 0.29) is 0 Å². The molecular weight excluding hydrogens is 284 g/mol. The van der Waals surface area contributed by atoms with Gasteiger partial charge in [0.05, 0.1) is 9.79 Å². The lowest BCUT2D eigenvalue weighted by Gasteiger charge is -2.05. The van der Waals surface area contributed by atoms with Crippen molar-refractivity contribution in [2.75, 3.05) is 0 Å². The van der Waals surface area contributed by atoms with Crippen LogP contribution in [0.1, 0.15) is 0 Å². The van der Waals surface area contributed by atoms with Gasteiger partial charge in [0, 0.05) is 0 Å². The summed E-state index contributed by atoms with van der Waals surface area (Å²) in [7, 11) is -4.23. The maximum atomic E-state index is 13.0. The first-order valence-electron chi connectivity index (χ1n) is 4.97. The Kier molecular flexibility index (Phi) is 3.32. The normalized spacial score (nSPS) is 11.6. The number of sulfone groups is 1. The van der Waals surface area contributed by atoms with E-state index >= 15 is 0 Å². The van der Waals surface area contributed by atoms with E-state index in [2.05, 4.69) is 0 Å². The SMILES string of the molecule is O=S(=O)(c1ccc(F)c(F)c1)c1ccc(F)c(F)c1. The summed E-state index contributed by atoms with van der Waals surface area (Å²) in [5.74, 6) is -5.10. The van der Waals surface area contributed by atoms with E-state index < -0.39 is 42.9 Å². The van der Waals surface area contributed by atoms with E-state index in [0.717, 1.165) is 12.1 Å². The summed E-state index contributed by atoms with van der Waals surface area (Å²) in [6.45, 7) is 0. The van der Waals surface area contributed by atoms with Crippen LogP contribution in [0.4, 0.5) is 17.6 Å². The Bertz CT molecular complexity index is 684. The van der Waals surface area contributed by atoms with Crippen LogP contribution in [0.5, 0.6) is 0 Å². The second kappa shape index (κ2) is 4.65. The van der Waals surface area contributed by atoms with Crippen molar-refractivity contribution in [2.24, 2.45) is 0 Å². The Labute approximate surface area is 106 Å². The summed E-state index contributed by atoms with van der Waals surface area (Å²) in [6, 6.07) is 3.92. The Morgan fingerprint density at radius 1 is 0.632 bits per heavy atom. The topological polar surface area (TPSA) is 34.1 Å². The largest absolute Gasteiger partial charge is 0.219 e. The molecule has 2 nitrogen and oxygen atoms in total. The molecule has 0 aromatic heterocycles. The first-order valence-corrected chi connectivity index (χ1v) is 6.46. The molecule has 0 saturated heterocycles. The predicted octanol–water partition coefficient (Wildman–Crippen LogP) is 3.08. The molecule has 0 atom stereocenters. The lowest BCUT2D eigenvalue weighted by atomic mass is 10.3. The van der Waals surface area contributed by atoms with Gasteiger partial charge in [-0.05, 0) is 36.4 Å². The fraction of sp³-hybridized carbons (Fsp3) is 0. The van der Waals surface area contributed by atoms with Crippen molar-refractivity contribution in [2.45, 2.75) is 9.79 Å².